The van der Waals surface area contributed by atoms with Crippen LogP contribution in [0.4, 0.5) is 0 Å². The Labute approximate surface area is 127 Å². The fourth-order valence-corrected chi connectivity index (χ4v) is 2.17. The van der Waals surface area contributed by atoms with Crippen LogP contribution >= 0.6 is 0 Å². The van der Waals surface area contributed by atoms with Crippen molar-refractivity contribution in [3.63, 3.8) is 0 Å². The number of amides is 1. The van der Waals surface area contributed by atoms with Gasteiger partial charge in [0.15, 0.2) is 0 Å². The predicted molar refractivity (Wildman–Crippen MR) is 83.4 cm³/mol. The van der Waals surface area contributed by atoms with Crippen LogP contribution < -0.4 is 11.4 Å². The highest BCUT2D eigenvalue weighted by atomic mass is 16.2. The number of hydrogen-bond donors (Lipinski definition) is 1. The Morgan fingerprint density at radius 2 is 1.91 bits per heavy atom. The van der Waals surface area contributed by atoms with Gasteiger partial charge in [0, 0.05) is 19.2 Å². The number of guanidine groups is 1. The maximum atomic E-state index is 12.0. The van der Waals surface area contributed by atoms with Crippen molar-refractivity contribution in [3.8, 4) is 0 Å². The van der Waals surface area contributed by atoms with Gasteiger partial charge in [-0.2, -0.15) is 9.98 Å². The molecule has 0 atom stereocenters. The molecule has 1 aromatic carbocycles. The predicted octanol–water partition coefficient (Wildman–Crippen LogP) is 1.08. The van der Waals surface area contributed by atoms with Crippen molar-refractivity contribution in [2.75, 3.05) is 0 Å². The molecule has 0 bridgehead atoms. The molecule has 0 radical (unpaired) electrons. The summed E-state index contributed by atoms with van der Waals surface area (Å²) in [4.78, 5) is 34.8. The van der Waals surface area contributed by atoms with Crippen molar-refractivity contribution < 1.29 is 9.59 Å². The number of aromatic nitrogens is 2. The van der Waals surface area contributed by atoms with Crippen LogP contribution in [0.2, 0.25) is 0 Å². The van der Waals surface area contributed by atoms with E-state index in [9.17, 15) is 9.59 Å². The normalized spacial score (nSPS) is 12.7. The molecule has 2 aromatic rings. The number of aryl methyl sites for hydroxylation is 2. The van der Waals surface area contributed by atoms with Crippen LogP contribution in [0, 0.1) is 13.8 Å². The van der Waals surface area contributed by atoms with E-state index in [1.54, 1.807) is 0 Å². The minimum Gasteiger partial charge on any atom is -0.368 e. The Morgan fingerprint density at radius 3 is 2.50 bits per heavy atom. The van der Waals surface area contributed by atoms with Crippen molar-refractivity contribution in [1.82, 2.24) is 9.55 Å². The Hall–Kier alpha value is -2.83. The summed E-state index contributed by atoms with van der Waals surface area (Å²) in [5.74, 6) is -0.956. The van der Waals surface area contributed by atoms with Crippen molar-refractivity contribution >= 4 is 28.7 Å². The van der Waals surface area contributed by atoms with Gasteiger partial charge in [-0.05, 0) is 25.5 Å². The molecule has 0 aliphatic heterocycles. The highest BCUT2D eigenvalue weighted by Gasteiger charge is 2.10. The first-order valence-corrected chi connectivity index (χ1v) is 6.70. The van der Waals surface area contributed by atoms with Crippen LogP contribution in [0.5, 0.6) is 0 Å². The minimum atomic E-state index is -0.469. The average molecular weight is 299 g/mol. The zero-order valence-corrected chi connectivity index (χ0v) is 12.9. The van der Waals surface area contributed by atoms with Gasteiger partial charge in [-0.15, -0.1) is 0 Å². The van der Waals surface area contributed by atoms with E-state index in [2.05, 4.69) is 15.0 Å². The van der Waals surface area contributed by atoms with Crippen LogP contribution in [0.15, 0.2) is 28.2 Å². The van der Waals surface area contributed by atoms with Crippen LogP contribution in [0.25, 0.3) is 10.9 Å². The Morgan fingerprint density at radius 1 is 1.23 bits per heavy atom. The summed E-state index contributed by atoms with van der Waals surface area (Å²) in [6.45, 7) is 6.43. The maximum absolute atomic E-state index is 12.0. The number of hydrogen-bond acceptors (Lipinski definition) is 3. The van der Waals surface area contributed by atoms with Crippen molar-refractivity contribution in [2.45, 2.75) is 27.7 Å². The van der Waals surface area contributed by atoms with Gasteiger partial charge in [0.1, 0.15) is 0 Å². The van der Waals surface area contributed by atoms with Gasteiger partial charge in [-0.25, -0.2) is 9.55 Å². The average Bonchev–Trinajstić information content (AvgIpc) is 2.36. The number of benzene rings is 1. The zero-order chi connectivity index (χ0) is 16.4. The molecule has 1 aromatic heterocycles. The van der Waals surface area contributed by atoms with Gasteiger partial charge in [-0.3, -0.25) is 9.59 Å². The van der Waals surface area contributed by atoms with Gasteiger partial charge < -0.3 is 5.73 Å². The highest BCUT2D eigenvalue weighted by molar-refractivity contribution is 5.93. The molecule has 114 valence electrons. The first-order valence-electron chi connectivity index (χ1n) is 6.70. The summed E-state index contributed by atoms with van der Waals surface area (Å²) in [6, 6.07) is 5.73. The summed E-state index contributed by atoms with van der Waals surface area (Å²) in [5.41, 5.74) is 8.10. The number of fused-ring (bicyclic) bond motifs is 1. The number of aliphatic imine (C=N–C) groups is 1. The van der Waals surface area contributed by atoms with E-state index in [1.165, 1.54) is 18.4 Å². The Kier molecular flexibility index (Phi) is 4.16. The van der Waals surface area contributed by atoms with Crippen LogP contribution in [-0.4, -0.2) is 27.3 Å². The molecule has 2 rings (SSSR count). The lowest BCUT2D eigenvalue weighted by molar-refractivity contribution is -0.115. The minimum absolute atomic E-state index is 0.102. The lowest BCUT2D eigenvalue weighted by Gasteiger charge is -2.10. The second kappa shape index (κ2) is 5.88. The number of carbonyl (C=O) groups excluding carboxylic acids is 2. The van der Waals surface area contributed by atoms with Crippen LogP contribution in [0.1, 0.15) is 29.9 Å². The van der Waals surface area contributed by atoms with E-state index in [0.717, 1.165) is 10.9 Å². The number of carbonyl (C=O) groups is 2. The van der Waals surface area contributed by atoms with Crippen molar-refractivity contribution in [3.05, 3.63) is 35.1 Å². The quantitative estimate of drug-likeness (QED) is 0.580. The number of nitrogens with two attached hydrogens (primary N) is 1. The molecule has 0 saturated heterocycles. The smallest absolute Gasteiger partial charge is 0.245 e. The zero-order valence-electron chi connectivity index (χ0n) is 12.9. The van der Waals surface area contributed by atoms with Crippen LogP contribution in [-0.2, 0) is 4.79 Å². The Bertz CT molecular complexity index is 877. The van der Waals surface area contributed by atoms with Crippen molar-refractivity contribution in [1.29, 1.82) is 0 Å². The fraction of sp³-hybridized carbons (Fsp3) is 0.267. The molecule has 1 amide bonds. The van der Waals surface area contributed by atoms with Crippen LogP contribution in [0.3, 0.4) is 0 Å². The molecule has 0 saturated carbocycles. The van der Waals surface area contributed by atoms with Gasteiger partial charge in [0.05, 0.1) is 11.2 Å². The Balaban J connectivity index is 2.91. The van der Waals surface area contributed by atoms with Gasteiger partial charge >= 0.3 is 0 Å². The molecule has 7 nitrogen and oxygen atoms in total. The first-order chi connectivity index (χ1) is 10.3. The molecule has 2 N–H and O–H groups in total. The highest BCUT2D eigenvalue weighted by Crippen LogP contribution is 2.16. The van der Waals surface area contributed by atoms with E-state index in [4.69, 9.17) is 5.73 Å². The standard InChI is InChI=1S/C15H17N5O2/c1-8-5-6-12-9(2)17-15(19-14(16)18-10(3)21)20(11(4)22)13(12)7-8/h5-7H,1-4H3,(H2,16,18,21). The molecule has 0 aliphatic carbocycles. The molecule has 7 heteroatoms. The molecule has 0 fully saturated rings. The fourth-order valence-electron chi connectivity index (χ4n) is 2.17. The summed E-state index contributed by atoms with van der Waals surface area (Å²) in [7, 11) is 0. The molecule has 0 spiro atoms. The second-order valence-electron chi connectivity index (χ2n) is 4.97. The second-order valence-corrected chi connectivity index (χ2v) is 4.97. The number of nitrogens with zero attached hydrogens (tertiary/aromatic N) is 4. The molecule has 1 heterocycles. The molecule has 0 aliphatic rings. The monoisotopic (exact) mass is 299 g/mol. The molecular weight excluding hydrogens is 282 g/mol. The third-order valence-corrected chi connectivity index (χ3v) is 3.05. The third kappa shape index (κ3) is 3.08. The summed E-state index contributed by atoms with van der Waals surface area (Å²) >= 11 is 0. The van der Waals surface area contributed by atoms with E-state index in [-0.39, 0.29) is 17.5 Å². The lowest BCUT2D eigenvalue weighted by atomic mass is 10.1. The largest absolute Gasteiger partial charge is 0.368 e. The molecular formula is C15H17N5O2. The van der Waals surface area contributed by atoms with E-state index in [1.807, 2.05) is 32.0 Å². The molecule has 0 unspecified atom stereocenters. The summed E-state index contributed by atoms with van der Waals surface area (Å²) < 4.78 is 1.36. The first kappa shape index (κ1) is 15.6. The SMILES string of the molecule is CC(=O)N=C(N)N=c1nc(C)c2ccc(C)cc2n1C(C)=O. The maximum Gasteiger partial charge on any atom is 0.245 e. The number of rotatable bonds is 0. The third-order valence-electron chi connectivity index (χ3n) is 3.05. The molecule has 22 heavy (non-hydrogen) atoms. The van der Waals surface area contributed by atoms with Gasteiger partial charge in [0.2, 0.25) is 23.4 Å². The van der Waals surface area contributed by atoms with E-state index < -0.39 is 5.91 Å². The van der Waals surface area contributed by atoms with Gasteiger partial charge in [0.25, 0.3) is 0 Å². The van der Waals surface area contributed by atoms with E-state index >= 15 is 0 Å². The van der Waals surface area contributed by atoms with E-state index in [0.29, 0.717) is 11.2 Å². The van der Waals surface area contributed by atoms with Gasteiger partial charge in [-0.1, -0.05) is 12.1 Å². The van der Waals surface area contributed by atoms with Crippen molar-refractivity contribution in [2.24, 2.45) is 15.7 Å². The topological polar surface area (TPSA) is 103 Å². The summed E-state index contributed by atoms with van der Waals surface area (Å²) in [5, 5.41) is 0.849. The summed E-state index contributed by atoms with van der Waals surface area (Å²) in [6.07, 6.45) is 0. The lowest BCUT2D eigenvalue weighted by Crippen LogP contribution is -2.32.